The lowest BCUT2D eigenvalue weighted by atomic mass is 9.88. The summed E-state index contributed by atoms with van der Waals surface area (Å²) in [5.74, 6) is 5.65. The van der Waals surface area contributed by atoms with Crippen molar-refractivity contribution in [3.8, 4) is 0 Å². The minimum absolute atomic E-state index is 0.814. The molecular formula is C34H70N2O2. The molecule has 3 atom stereocenters. The Morgan fingerprint density at radius 1 is 0.395 bits per heavy atom. The summed E-state index contributed by atoms with van der Waals surface area (Å²) in [5, 5.41) is 6.59. The number of rotatable bonds is 0. The van der Waals surface area contributed by atoms with Crippen LogP contribution in [0.2, 0.25) is 0 Å². The molecule has 4 heterocycles. The molecule has 0 aromatic rings. The predicted octanol–water partition coefficient (Wildman–Crippen LogP) is 8.49. The Labute approximate surface area is 239 Å². The summed E-state index contributed by atoms with van der Waals surface area (Å²) in [4.78, 5) is 0. The van der Waals surface area contributed by atoms with Crippen molar-refractivity contribution >= 4 is 0 Å². The third-order valence-corrected chi connectivity index (χ3v) is 8.77. The lowest BCUT2D eigenvalue weighted by molar-refractivity contribution is 0.0616. The highest BCUT2D eigenvalue weighted by Gasteiger charge is 2.10. The van der Waals surface area contributed by atoms with Crippen LogP contribution in [0.1, 0.15) is 131 Å². The van der Waals surface area contributed by atoms with Gasteiger partial charge in [-0.15, -0.1) is 0 Å². The second-order valence-corrected chi connectivity index (χ2v) is 13.6. The predicted molar refractivity (Wildman–Crippen MR) is 167 cm³/mol. The minimum atomic E-state index is 0.814. The van der Waals surface area contributed by atoms with Crippen molar-refractivity contribution in [1.29, 1.82) is 0 Å². The zero-order valence-corrected chi connectivity index (χ0v) is 26.8. The fourth-order valence-electron chi connectivity index (χ4n) is 5.24. The normalized spacial score (nSPS) is 29.7. The second kappa shape index (κ2) is 24.6. The summed E-state index contributed by atoms with van der Waals surface area (Å²) in [7, 11) is 0. The van der Waals surface area contributed by atoms with E-state index in [1.807, 2.05) is 0 Å². The molecule has 4 saturated heterocycles. The van der Waals surface area contributed by atoms with Crippen LogP contribution in [0.4, 0.5) is 0 Å². The van der Waals surface area contributed by atoms with E-state index in [1.54, 1.807) is 0 Å². The van der Waals surface area contributed by atoms with Crippen LogP contribution < -0.4 is 10.6 Å². The van der Waals surface area contributed by atoms with Gasteiger partial charge in [-0.25, -0.2) is 0 Å². The molecular weight excluding hydrogens is 468 g/mol. The Hall–Kier alpha value is -0.160. The van der Waals surface area contributed by atoms with E-state index in [0.29, 0.717) is 0 Å². The van der Waals surface area contributed by atoms with Crippen molar-refractivity contribution in [3.63, 3.8) is 0 Å². The Morgan fingerprint density at radius 2 is 0.868 bits per heavy atom. The molecule has 0 radical (unpaired) electrons. The van der Waals surface area contributed by atoms with Crippen molar-refractivity contribution in [2.45, 2.75) is 131 Å². The van der Waals surface area contributed by atoms with Gasteiger partial charge in [-0.1, -0.05) is 92.9 Å². The quantitative estimate of drug-likeness (QED) is 0.324. The SMILES string of the molecule is CC1CCC1.CC1CCCCC1.CC1CCCOC1.CC1CCNC1.CC1CCNCC1.CC1CCOC1. The van der Waals surface area contributed by atoms with Crippen LogP contribution in [-0.2, 0) is 9.47 Å². The smallest absolute Gasteiger partial charge is 0.0492 e. The first-order chi connectivity index (χ1) is 18.4. The van der Waals surface area contributed by atoms with Crippen LogP contribution >= 0.6 is 0 Å². The highest BCUT2D eigenvalue weighted by Crippen LogP contribution is 2.24. The van der Waals surface area contributed by atoms with E-state index in [2.05, 4.69) is 52.2 Å². The number of piperidine rings is 1. The van der Waals surface area contributed by atoms with Gasteiger partial charge in [0.25, 0.3) is 0 Å². The van der Waals surface area contributed by atoms with Gasteiger partial charge in [0.15, 0.2) is 0 Å². The van der Waals surface area contributed by atoms with Crippen LogP contribution in [0, 0.1) is 35.5 Å². The molecule has 6 aliphatic rings. The molecule has 4 heteroatoms. The van der Waals surface area contributed by atoms with Crippen LogP contribution in [0.25, 0.3) is 0 Å². The van der Waals surface area contributed by atoms with Crippen LogP contribution in [0.15, 0.2) is 0 Å². The Balaban J connectivity index is 0.000000229. The summed E-state index contributed by atoms with van der Waals surface area (Å²) in [6.45, 7) is 22.6. The van der Waals surface area contributed by atoms with E-state index in [0.717, 1.165) is 61.9 Å². The number of hydrogen-bond donors (Lipinski definition) is 2. The van der Waals surface area contributed by atoms with Crippen molar-refractivity contribution < 1.29 is 9.47 Å². The van der Waals surface area contributed by atoms with E-state index in [1.165, 1.54) is 116 Å². The highest BCUT2D eigenvalue weighted by molar-refractivity contribution is 4.65. The maximum atomic E-state index is 5.18. The summed E-state index contributed by atoms with van der Waals surface area (Å²) in [5.41, 5.74) is 0. The van der Waals surface area contributed by atoms with E-state index < -0.39 is 0 Å². The summed E-state index contributed by atoms with van der Waals surface area (Å²) in [6.07, 6.45) is 19.9. The summed E-state index contributed by atoms with van der Waals surface area (Å²) in [6, 6.07) is 0. The molecule has 4 aliphatic heterocycles. The summed E-state index contributed by atoms with van der Waals surface area (Å²) >= 11 is 0. The molecule has 228 valence electrons. The first kappa shape index (κ1) is 35.9. The van der Waals surface area contributed by atoms with Crippen molar-refractivity contribution in [2.24, 2.45) is 35.5 Å². The molecule has 6 rings (SSSR count). The van der Waals surface area contributed by atoms with Crippen LogP contribution in [0.5, 0.6) is 0 Å². The van der Waals surface area contributed by atoms with E-state index in [9.17, 15) is 0 Å². The van der Waals surface area contributed by atoms with Crippen molar-refractivity contribution in [3.05, 3.63) is 0 Å². The molecule has 2 saturated carbocycles. The van der Waals surface area contributed by atoms with Gasteiger partial charge in [-0.3, -0.25) is 0 Å². The molecule has 0 aromatic heterocycles. The third kappa shape index (κ3) is 22.6. The van der Waals surface area contributed by atoms with E-state index in [-0.39, 0.29) is 0 Å². The summed E-state index contributed by atoms with van der Waals surface area (Å²) < 4.78 is 10.2. The Bertz CT molecular complexity index is 417. The largest absolute Gasteiger partial charge is 0.381 e. The zero-order valence-electron chi connectivity index (χ0n) is 26.8. The molecule has 38 heavy (non-hydrogen) atoms. The Morgan fingerprint density at radius 3 is 1.08 bits per heavy atom. The van der Waals surface area contributed by atoms with E-state index in [4.69, 9.17) is 9.47 Å². The number of hydrogen-bond acceptors (Lipinski definition) is 4. The van der Waals surface area contributed by atoms with Gasteiger partial charge in [-0.2, -0.15) is 0 Å². The average molecular weight is 539 g/mol. The van der Waals surface area contributed by atoms with E-state index >= 15 is 0 Å². The monoisotopic (exact) mass is 539 g/mol. The zero-order chi connectivity index (χ0) is 27.8. The van der Waals surface area contributed by atoms with Crippen molar-refractivity contribution in [2.75, 3.05) is 52.6 Å². The molecule has 6 fully saturated rings. The molecule has 2 aliphatic carbocycles. The second-order valence-electron chi connectivity index (χ2n) is 13.6. The van der Waals surface area contributed by atoms with Crippen LogP contribution in [0.3, 0.4) is 0 Å². The standard InChI is InChI=1S/C7H14.C6H13N.C6H12O.C5H11N.C5H10O.C5H10/c1-7-5-3-2-4-6-7;1-6-2-4-7-5-3-6;1-6-3-2-4-7-5-6;2*1-5-2-3-6-4-5;1-5-3-2-4-5/h7H,2-6H2,1H3;6-7H,2-5H2,1H3;6H,2-5H2,1H3;5-6H,2-4H2,1H3;5H,2-4H2,1H3;5H,2-4H2,1H3. The average Bonchev–Trinajstić information content (AvgIpc) is 3.59. The molecule has 0 spiro atoms. The number of nitrogens with one attached hydrogen (secondary N) is 2. The lowest BCUT2D eigenvalue weighted by Gasteiger charge is -2.18. The maximum Gasteiger partial charge on any atom is 0.0492 e. The maximum absolute atomic E-state index is 5.18. The third-order valence-electron chi connectivity index (χ3n) is 8.77. The van der Waals surface area contributed by atoms with Crippen molar-refractivity contribution in [1.82, 2.24) is 10.6 Å². The van der Waals surface area contributed by atoms with Gasteiger partial charge in [-0.05, 0) is 100 Å². The fourth-order valence-corrected chi connectivity index (χ4v) is 5.24. The van der Waals surface area contributed by atoms with Gasteiger partial charge in [0.2, 0.25) is 0 Å². The van der Waals surface area contributed by atoms with Gasteiger partial charge in [0.1, 0.15) is 0 Å². The first-order valence-corrected chi connectivity index (χ1v) is 16.9. The minimum Gasteiger partial charge on any atom is -0.381 e. The highest BCUT2D eigenvalue weighted by atomic mass is 16.5. The topological polar surface area (TPSA) is 42.5 Å². The lowest BCUT2D eigenvalue weighted by Crippen LogP contribution is -2.26. The van der Waals surface area contributed by atoms with Gasteiger partial charge in [0, 0.05) is 26.4 Å². The molecule has 0 amide bonds. The molecule has 4 nitrogen and oxygen atoms in total. The van der Waals surface area contributed by atoms with Gasteiger partial charge >= 0.3 is 0 Å². The molecule has 3 unspecified atom stereocenters. The molecule has 2 N–H and O–H groups in total. The first-order valence-electron chi connectivity index (χ1n) is 16.9. The van der Waals surface area contributed by atoms with Crippen LogP contribution in [-0.4, -0.2) is 52.6 Å². The van der Waals surface area contributed by atoms with Gasteiger partial charge < -0.3 is 20.1 Å². The molecule has 0 bridgehead atoms. The number of ether oxygens (including phenoxy) is 2. The van der Waals surface area contributed by atoms with Gasteiger partial charge in [0.05, 0.1) is 0 Å². The Kier molecular flexibility index (Phi) is 23.2. The fraction of sp³-hybridized carbons (Fsp3) is 1.00. The molecule has 0 aromatic carbocycles.